The van der Waals surface area contributed by atoms with E-state index in [-0.39, 0.29) is 5.69 Å². The second-order valence-electron chi connectivity index (χ2n) is 6.71. The number of para-hydroxylation sites is 1. The Bertz CT molecular complexity index is 1290. The standard InChI is InChI=1S/C24H18F3NO3/c1-29-16-9-7-15(8-10-16)23-14-21(18-13-17(30-2)11-12-22(18)31-23)28-20-6-4-3-5-19(20)24(25,26)27/h3-14H,1-2H3. The van der Waals surface area contributed by atoms with Gasteiger partial charge in [0.15, 0.2) is 0 Å². The van der Waals surface area contributed by atoms with Crippen LogP contribution in [0.15, 0.2) is 82.2 Å². The Hall–Kier alpha value is -3.74. The highest BCUT2D eigenvalue weighted by molar-refractivity contribution is 5.80. The summed E-state index contributed by atoms with van der Waals surface area (Å²) in [5.41, 5.74) is 0.222. The van der Waals surface area contributed by atoms with Gasteiger partial charge in [-0.2, -0.15) is 13.2 Å². The molecule has 158 valence electrons. The normalized spacial score (nSPS) is 12.2. The monoisotopic (exact) mass is 425 g/mol. The topological polar surface area (TPSA) is 44.0 Å². The minimum Gasteiger partial charge on any atom is -0.497 e. The van der Waals surface area contributed by atoms with Crippen molar-refractivity contribution in [2.45, 2.75) is 6.18 Å². The van der Waals surface area contributed by atoms with Crippen LogP contribution < -0.4 is 14.8 Å². The van der Waals surface area contributed by atoms with Gasteiger partial charge >= 0.3 is 6.18 Å². The lowest BCUT2D eigenvalue weighted by atomic mass is 10.1. The van der Waals surface area contributed by atoms with E-state index < -0.39 is 11.7 Å². The van der Waals surface area contributed by atoms with Gasteiger partial charge < -0.3 is 13.9 Å². The summed E-state index contributed by atoms with van der Waals surface area (Å²) in [6, 6.07) is 19.1. The molecule has 0 fully saturated rings. The van der Waals surface area contributed by atoms with E-state index in [1.807, 2.05) is 0 Å². The quantitative estimate of drug-likeness (QED) is 0.382. The van der Waals surface area contributed by atoms with Crippen LogP contribution in [0.3, 0.4) is 0 Å². The van der Waals surface area contributed by atoms with Crippen molar-refractivity contribution in [2.24, 2.45) is 4.99 Å². The first kappa shape index (κ1) is 20.5. The molecule has 7 heteroatoms. The van der Waals surface area contributed by atoms with Crippen molar-refractivity contribution in [1.29, 1.82) is 0 Å². The highest BCUT2D eigenvalue weighted by atomic mass is 19.4. The third kappa shape index (κ3) is 4.26. The van der Waals surface area contributed by atoms with E-state index in [0.29, 0.717) is 33.6 Å². The van der Waals surface area contributed by atoms with Gasteiger partial charge in [0.1, 0.15) is 22.8 Å². The fourth-order valence-corrected chi connectivity index (χ4v) is 3.21. The number of rotatable bonds is 4. The van der Waals surface area contributed by atoms with Crippen LogP contribution in [0.1, 0.15) is 5.56 Å². The van der Waals surface area contributed by atoms with Crippen LogP contribution in [0.4, 0.5) is 18.9 Å². The zero-order valence-corrected chi connectivity index (χ0v) is 16.7. The van der Waals surface area contributed by atoms with E-state index in [0.717, 1.165) is 11.6 Å². The number of alkyl halides is 3. The number of ether oxygens (including phenoxy) is 2. The Morgan fingerprint density at radius 2 is 1.48 bits per heavy atom. The van der Waals surface area contributed by atoms with Gasteiger partial charge in [-0.3, -0.25) is 0 Å². The highest BCUT2D eigenvalue weighted by Gasteiger charge is 2.33. The van der Waals surface area contributed by atoms with Gasteiger partial charge in [0, 0.05) is 17.0 Å². The Labute approximate surface area is 176 Å². The molecule has 3 aromatic carbocycles. The molecular formula is C24H18F3NO3. The van der Waals surface area contributed by atoms with Crippen LogP contribution in [0.5, 0.6) is 11.5 Å². The van der Waals surface area contributed by atoms with E-state index in [4.69, 9.17) is 13.9 Å². The Morgan fingerprint density at radius 3 is 2.16 bits per heavy atom. The summed E-state index contributed by atoms with van der Waals surface area (Å²) in [5, 5.41) is 0.872. The predicted octanol–water partition coefficient (Wildman–Crippen LogP) is 6.37. The molecule has 1 heterocycles. The van der Waals surface area contributed by atoms with E-state index in [1.54, 1.807) is 55.6 Å². The molecule has 4 nitrogen and oxygen atoms in total. The molecule has 0 atom stereocenters. The lowest BCUT2D eigenvalue weighted by Crippen LogP contribution is -2.08. The van der Waals surface area contributed by atoms with Gasteiger partial charge in [-0.25, -0.2) is 4.99 Å². The number of hydrogen-bond acceptors (Lipinski definition) is 4. The summed E-state index contributed by atoms with van der Waals surface area (Å²) in [5.74, 6) is 1.68. The maximum Gasteiger partial charge on any atom is 0.418 e. The van der Waals surface area contributed by atoms with Gasteiger partial charge in [-0.05, 0) is 54.6 Å². The average Bonchev–Trinajstić information content (AvgIpc) is 2.78. The summed E-state index contributed by atoms with van der Waals surface area (Å²) >= 11 is 0. The van der Waals surface area contributed by atoms with Gasteiger partial charge in [-0.1, -0.05) is 12.1 Å². The molecule has 0 amide bonds. The number of nitrogens with zero attached hydrogens (tertiary/aromatic N) is 1. The Balaban J connectivity index is 1.99. The molecule has 4 rings (SSSR count). The molecule has 31 heavy (non-hydrogen) atoms. The van der Waals surface area contributed by atoms with Crippen molar-refractivity contribution in [3.05, 3.63) is 83.7 Å². The molecule has 0 aliphatic carbocycles. The van der Waals surface area contributed by atoms with Crippen molar-refractivity contribution in [1.82, 2.24) is 0 Å². The summed E-state index contributed by atoms with van der Waals surface area (Å²) < 4.78 is 56.9. The summed E-state index contributed by atoms with van der Waals surface area (Å²) in [4.78, 5) is 4.37. The molecule has 0 spiro atoms. The molecule has 0 N–H and O–H groups in total. The fraction of sp³-hybridized carbons (Fsp3) is 0.125. The van der Waals surface area contributed by atoms with Crippen molar-refractivity contribution >= 4 is 16.7 Å². The van der Waals surface area contributed by atoms with Crippen LogP contribution in [0, 0.1) is 0 Å². The van der Waals surface area contributed by atoms with Crippen molar-refractivity contribution in [3.8, 4) is 22.8 Å². The number of hydrogen-bond donors (Lipinski definition) is 0. The van der Waals surface area contributed by atoms with Crippen LogP contribution >= 0.6 is 0 Å². The van der Waals surface area contributed by atoms with Gasteiger partial charge in [0.2, 0.25) is 0 Å². The van der Waals surface area contributed by atoms with E-state index in [2.05, 4.69) is 4.99 Å². The van der Waals surface area contributed by atoms with Gasteiger partial charge in [-0.15, -0.1) is 0 Å². The molecule has 1 aromatic heterocycles. The third-order valence-electron chi connectivity index (χ3n) is 4.78. The van der Waals surface area contributed by atoms with E-state index in [1.165, 1.54) is 25.3 Å². The van der Waals surface area contributed by atoms with Crippen molar-refractivity contribution in [3.63, 3.8) is 0 Å². The zero-order chi connectivity index (χ0) is 22.0. The fourth-order valence-electron chi connectivity index (χ4n) is 3.21. The second kappa shape index (κ2) is 8.18. The first-order chi connectivity index (χ1) is 14.9. The van der Waals surface area contributed by atoms with Crippen LogP contribution in [0.25, 0.3) is 22.3 Å². The molecule has 0 radical (unpaired) electrons. The predicted molar refractivity (Wildman–Crippen MR) is 111 cm³/mol. The maximum absolute atomic E-state index is 13.5. The maximum atomic E-state index is 13.5. The largest absolute Gasteiger partial charge is 0.497 e. The lowest BCUT2D eigenvalue weighted by Gasteiger charge is -2.10. The third-order valence-corrected chi connectivity index (χ3v) is 4.78. The smallest absolute Gasteiger partial charge is 0.418 e. The minimum absolute atomic E-state index is 0.175. The van der Waals surface area contributed by atoms with Crippen LogP contribution in [-0.4, -0.2) is 14.2 Å². The number of benzene rings is 3. The minimum atomic E-state index is -4.52. The zero-order valence-electron chi connectivity index (χ0n) is 16.7. The Kier molecular flexibility index (Phi) is 5.42. The summed E-state index contributed by atoms with van der Waals surface area (Å²) in [7, 11) is 3.08. The average molecular weight is 425 g/mol. The van der Waals surface area contributed by atoms with E-state index in [9.17, 15) is 13.2 Å². The van der Waals surface area contributed by atoms with Crippen molar-refractivity contribution in [2.75, 3.05) is 14.2 Å². The van der Waals surface area contributed by atoms with E-state index >= 15 is 0 Å². The lowest BCUT2D eigenvalue weighted by molar-refractivity contribution is -0.137. The number of fused-ring (bicyclic) bond motifs is 1. The molecule has 0 aliphatic heterocycles. The van der Waals surface area contributed by atoms with Crippen LogP contribution in [-0.2, 0) is 6.18 Å². The molecular weight excluding hydrogens is 407 g/mol. The van der Waals surface area contributed by atoms with Crippen LogP contribution in [0.2, 0.25) is 0 Å². The molecule has 0 bridgehead atoms. The molecule has 4 aromatic rings. The molecule has 0 saturated carbocycles. The van der Waals surface area contributed by atoms with Gasteiger partial charge in [0.25, 0.3) is 0 Å². The Morgan fingerprint density at radius 1 is 0.806 bits per heavy atom. The molecule has 0 saturated heterocycles. The van der Waals surface area contributed by atoms with Gasteiger partial charge in [0.05, 0.1) is 30.8 Å². The first-order valence-corrected chi connectivity index (χ1v) is 9.36. The van der Waals surface area contributed by atoms with Crippen molar-refractivity contribution < 1.29 is 27.1 Å². The number of halogens is 3. The summed E-state index contributed by atoms with van der Waals surface area (Å²) in [6.45, 7) is 0. The second-order valence-corrected chi connectivity index (χ2v) is 6.71. The first-order valence-electron chi connectivity index (χ1n) is 9.36. The molecule has 0 unspecified atom stereocenters. The molecule has 0 aliphatic rings. The SMILES string of the molecule is COc1ccc(-c2cc(=Nc3ccccc3C(F)(F)F)c3cc(OC)ccc3o2)cc1. The number of methoxy groups -OCH3 is 2. The summed E-state index contributed by atoms with van der Waals surface area (Å²) in [6.07, 6.45) is -4.52. The highest BCUT2D eigenvalue weighted by Crippen LogP contribution is 2.36.